The van der Waals surface area contributed by atoms with E-state index in [2.05, 4.69) is 10.3 Å². The second-order valence-corrected chi connectivity index (χ2v) is 15.4. The Morgan fingerprint density at radius 1 is 0.962 bits per heavy atom. The van der Waals surface area contributed by atoms with Crippen LogP contribution in [0.4, 0.5) is 24.5 Å². The van der Waals surface area contributed by atoms with Gasteiger partial charge in [0.05, 0.1) is 40.3 Å². The van der Waals surface area contributed by atoms with Crippen LogP contribution in [0.1, 0.15) is 45.6 Å². The van der Waals surface area contributed by atoms with E-state index >= 15 is 0 Å². The van der Waals surface area contributed by atoms with Gasteiger partial charge in [0.25, 0.3) is 5.91 Å². The lowest BCUT2D eigenvalue weighted by Crippen LogP contribution is -2.42. The summed E-state index contributed by atoms with van der Waals surface area (Å²) in [6, 6.07) is 18.1. The van der Waals surface area contributed by atoms with Crippen LogP contribution in [-0.4, -0.2) is 47.1 Å². The zero-order valence-electron chi connectivity index (χ0n) is 27.3. The number of aromatic amines is 1. The molecule has 1 aromatic heterocycles. The molecule has 3 aromatic carbocycles. The summed E-state index contributed by atoms with van der Waals surface area (Å²) < 4.78 is 52.9. The fourth-order valence-corrected chi connectivity index (χ4v) is 11.5. The van der Waals surface area contributed by atoms with Crippen LogP contribution in [0.15, 0.2) is 82.6 Å². The van der Waals surface area contributed by atoms with Crippen molar-refractivity contribution < 1.29 is 41.8 Å². The lowest BCUT2D eigenvalue weighted by molar-refractivity contribution is -0.137. The van der Waals surface area contributed by atoms with Gasteiger partial charge in [-0.1, -0.05) is 35.6 Å². The third-order valence-electron chi connectivity index (χ3n) is 10.4. The van der Waals surface area contributed by atoms with Gasteiger partial charge >= 0.3 is 17.0 Å². The molecule has 52 heavy (non-hydrogen) atoms. The molecule has 15 heteroatoms. The topological polar surface area (TPSA) is 135 Å². The molecule has 2 saturated carbocycles. The Labute approximate surface area is 302 Å². The number of H-pyrrole nitrogens is 1. The Morgan fingerprint density at radius 3 is 2.42 bits per heavy atom. The Hall–Kier alpha value is -4.89. The van der Waals surface area contributed by atoms with Crippen molar-refractivity contribution in [3.05, 3.63) is 104 Å². The molecule has 4 aromatic rings. The van der Waals surface area contributed by atoms with Crippen LogP contribution in [0.25, 0.3) is 0 Å². The molecular formula is C37H30F3N3O7S2. The number of nitrogens with zero attached hydrogens (tertiary/aromatic N) is 1. The quantitative estimate of drug-likeness (QED) is 0.158. The molecule has 268 valence electrons. The van der Waals surface area contributed by atoms with Crippen LogP contribution in [0.3, 0.4) is 0 Å². The minimum Gasteiger partial charge on any atom is -0.484 e. The van der Waals surface area contributed by atoms with Gasteiger partial charge in [-0.25, -0.2) is 9.69 Å². The fourth-order valence-electron chi connectivity index (χ4n) is 8.58. The number of ether oxygens (including phenoxy) is 2. The number of hydrogen-bond acceptors (Lipinski definition) is 9. The molecule has 1 saturated heterocycles. The lowest BCUT2D eigenvalue weighted by Gasteiger charge is -2.43. The Balaban J connectivity index is 1.04. The van der Waals surface area contributed by atoms with Crippen molar-refractivity contribution in [1.82, 2.24) is 4.98 Å². The number of thioether (sulfide) groups is 1. The van der Waals surface area contributed by atoms with Gasteiger partial charge in [-0.3, -0.25) is 19.2 Å². The average molecular weight is 750 g/mol. The van der Waals surface area contributed by atoms with E-state index in [4.69, 9.17) is 9.47 Å². The molecule has 10 nitrogen and oxygen atoms in total. The minimum atomic E-state index is -4.76. The Bertz CT molecular complexity index is 2170. The van der Waals surface area contributed by atoms with E-state index in [-0.39, 0.29) is 47.0 Å². The van der Waals surface area contributed by atoms with Crippen LogP contribution >= 0.6 is 23.1 Å². The largest absolute Gasteiger partial charge is 0.484 e. The maximum absolute atomic E-state index is 14.0. The molecule has 3 amide bonds. The predicted molar refractivity (Wildman–Crippen MR) is 185 cm³/mol. The second-order valence-electron chi connectivity index (χ2n) is 13.2. The van der Waals surface area contributed by atoms with Crippen molar-refractivity contribution >= 4 is 58.2 Å². The summed E-state index contributed by atoms with van der Waals surface area (Å²) in [6.07, 6.45) is -4.19. The van der Waals surface area contributed by atoms with Crippen LogP contribution < -0.4 is 19.8 Å². The molecule has 2 aliphatic carbocycles. The standard InChI is InChI=1S/C37H30F3N3O7S2/c1-2-49-35(47)17-10-12-19(13-11-17)41-25(44)16-50-20-7-5-6-18(14-20)26-27-21-15-22(30(27)51-32-31(26)52-36(48)42-32)29-28(21)33(45)43(34(29)46)24-9-4-3-8-23(24)37(38,39)40/h3-14,21-22,26-30H,2,15-16H2,1H3,(H,41,44)(H,42,48)/t21?,22?,26-,27?,28?,29?,30?/m1/s1. The molecule has 8 rings (SSSR count). The maximum atomic E-state index is 14.0. The van der Waals surface area contributed by atoms with Crippen LogP contribution in [0.5, 0.6) is 5.75 Å². The normalized spacial score (nSPS) is 25.8. The second kappa shape index (κ2) is 13.0. The van der Waals surface area contributed by atoms with Gasteiger partial charge in [0.2, 0.25) is 11.8 Å². The number of nitrogens with one attached hydrogen (secondary N) is 2. The van der Waals surface area contributed by atoms with E-state index in [1.165, 1.54) is 30.0 Å². The number of thiazole rings is 1. The highest BCUT2D eigenvalue weighted by atomic mass is 32.2. The number of alkyl halides is 3. The SMILES string of the molecule is CCOC(=O)c1ccc(NC(=O)COc2cccc([C@H]3c4sc(=O)[nH]c4SC4C5CC(C6C(=O)N(c7ccccc7C(F)(F)F)C(=O)C56)C43)c2)cc1. The number of esters is 1. The number of rotatable bonds is 8. The summed E-state index contributed by atoms with van der Waals surface area (Å²) >= 11 is 2.55. The number of amides is 3. The zero-order valence-corrected chi connectivity index (χ0v) is 29.0. The van der Waals surface area contributed by atoms with E-state index in [0.717, 1.165) is 32.7 Å². The monoisotopic (exact) mass is 749 g/mol. The number of para-hydroxylation sites is 1. The lowest BCUT2D eigenvalue weighted by atomic mass is 9.68. The molecule has 0 radical (unpaired) electrons. The van der Waals surface area contributed by atoms with Crippen molar-refractivity contribution in [2.45, 2.75) is 35.7 Å². The van der Waals surface area contributed by atoms with Crippen molar-refractivity contribution in [2.24, 2.45) is 29.6 Å². The van der Waals surface area contributed by atoms with Gasteiger partial charge in [0, 0.05) is 21.7 Å². The summed E-state index contributed by atoms with van der Waals surface area (Å²) in [5, 5.41) is 3.24. The molecular weight excluding hydrogens is 720 g/mol. The molecule has 0 spiro atoms. The average Bonchev–Trinajstić information content (AvgIpc) is 3.86. The highest BCUT2D eigenvalue weighted by Gasteiger charge is 2.70. The molecule has 7 atom stereocenters. The molecule has 4 aliphatic rings. The summed E-state index contributed by atoms with van der Waals surface area (Å²) in [6.45, 7) is 1.63. The first-order chi connectivity index (χ1) is 24.9. The van der Waals surface area contributed by atoms with E-state index in [1.54, 1.807) is 49.4 Å². The minimum absolute atomic E-state index is 0.172. The first kappa shape index (κ1) is 34.2. The number of carbonyl (C=O) groups is 4. The third kappa shape index (κ3) is 5.70. The smallest absolute Gasteiger partial charge is 0.418 e. The van der Waals surface area contributed by atoms with Gasteiger partial charge in [0.1, 0.15) is 5.75 Å². The van der Waals surface area contributed by atoms with Gasteiger partial charge in [-0.05, 0) is 85.2 Å². The zero-order chi connectivity index (χ0) is 36.5. The first-order valence-electron chi connectivity index (χ1n) is 16.7. The van der Waals surface area contributed by atoms with Crippen molar-refractivity contribution in [3.8, 4) is 5.75 Å². The van der Waals surface area contributed by atoms with Gasteiger partial charge in [-0.15, -0.1) is 11.8 Å². The van der Waals surface area contributed by atoms with E-state index in [1.807, 2.05) is 6.07 Å². The number of halogens is 3. The molecule has 3 fully saturated rings. The summed E-state index contributed by atoms with van der Waals surface area (Å²) in [5.41, 5.74) is 0.124. The molecule has 2 N–H and O–H groups in total. The van der Waals surface area contributed by atoms with Crippen molar-refractivity contribution in [3.63, 3.8) is 0 Å². The third-order valence-corrected chi connectivity index (χ3v) is 13.0. The Kier molecular flexibility index (Phi) is 8.52. The molecule has 2 aliphatic heterocycles. The number of fused-ring (bicyclic) bond motifs is 9. The Morgan fingerprint density at radius 2 is 1.69 bits per heavy atom. The van der Waals surface area contributed by atoms with Gasteiger partial charge < -0.3 is 19.8 Å². The van der Waals surface area contributed by atoms with Crippen molar-refractivity contribution in [2.75, 3.05) is 23.4 Å². The van der Waals surface area contributed by atoms with Crippen LogP contribution in [-0.2, 0) is 25.3 Å². The molecule has 2 bridgehead atoms. The van der Waals surface area contributed by atoms with Crippen molar-refractivity contribution in [1.29, 1.82) is 0 Å². The van der Waals surface area contributed by atoms with Crippen LogP contribution in [0.2, 0.25) is 0 Å². The fraction of sp³-hybridized carbons (Fsp3) is 0.324. The maximum Gasteiger partial charge on any atom is 0.418 e. The van der Waals surface area contributed by atoms with E-state index < -0.39 is 53.0 Å². The molecule has 6 unspecified atom stereocenters. The summed E-state index contributed by atoms with van der Waals surface area (Å²) in [7, 11) is 0. The summed E-state index contributed by atoms with van der Waals surface area (Å²) in [5.74, 6) is -4.42. The predicted octanol–water partition coefficient (Wildman–Crippen LogP) is 6.33. The number of carbonyl (C=O) groups excluding carboxylic acids is 4. The number of benzene rings is 3. The first-order valence-corrected chi connectivity index (χ1v) is 18.4. The number of hydrogen-bond donors (Lipinski definition) is 2. The highest BCUT2D eigenvalue weighted by Crippen LogP contribution is 2.69. The van der Waals surface area contributed by atoms with E-state index in [0.29, 0.717) is 28.4 Å². The number of aromatic nitrogens is 1. The number of imide groups is 1. The highest BCUT2D eigenvalue weighted by molar-refractivity contribution is 8.00. The van der Waals surface area contributed by atoms with Gasteiger partial charge in [-0.2, -0.15) is 13.2 Å². The van der Waals surface area contributed by atoms with E-state index in [9.17, 15) is 37.1 Å². The van der Waals surface area contributed by atoms with Crippen LogP contribution in [0, 0.1) is 29.6 Å². The molecule has 3 heterocycles. The number of anilines is 2. The summed E-state index contributed by atoms with van der Waals surface area (Å²) in [4.78, 5) is 69.5. The van der Waals surface area contributed by atoms with Gasteiger partial charge in [0.15, 0.2) is 6.61 Å².